The lowest BCUT2D eigenvalue weighted by atomic mass is 10.1. The van der Waals surface area contributed by atoms with Crippen molar-refractivity contribution >= 4 is 29.2 Å². The molecule has 1 aliphatic heterocycles. The Balaban J connectivity index is 1.70. The molecule has 0 atom stereocenters. The maximum atomic E-state index is 12.9. The van der Waals surface area contributed by atoms with Crippen molar-refractivity contribution < 1.29 is 14.4 Å². The third-order valence-corrected chi connectivity index (χ3v) is 5.39. The van der Waals surface area contributed by atoms with Crippen LogP contribution in [-0.4, -0.2) is 46.3 Å². The summed E-state index contributed by atoms with van der Waals surface area (Å²) in [7, 11) is 0. The Labute approximate surface area is 162 Å². The first-order valence-corrected chi connectivity index (χ1v) is 9.73. The number of hydrogen-bond acceptors (Lipinski definition) is 4. The van der Waals surface area contributed by atoms with E-state index >= 15 is 0 Å². The fraction of sp³-hybridized carbons (Fsp3) is 0.350. The SMILES string of the molecule is CC1(C)NC(=O)N(CC(=O)N(CCc2ccccc2)Cc2cccs2)C1=O. The van der Waals surface area contributed by atoms with E-state index in [0.29, 0.717) is 19.5 Å². The minimum Gasteiger partial charge on any atom is -0.336 e. The molecule has 0 aliphatic carbocycles. The van der Waals surface area contributed by atoms with Crippen molar-refractivity contribution in [3.63, 3.8) is 0 Å². The van der Waals surface area contributed by atoms with Crippen molar-refractivity contribution in [2.45, 2.75) is 32.4 Å². The Morgan fingerprint density at radius 1 is 1.15 bits per heavy atom. The summed E-state index contributed by atoms with van der Waals surface area (Å²) in [5.41, 5.74) is 0.164. The van der Waals surface area contributed by atoms with Crippen LogP contribution in [0.5, 0.6) is 0 Å². The molecule has 1 aromatic carbocycles. The van der Waals surface area contributed by atoms with Crippen LogP contribution < -0.4 is 5.32 Å². The van der Waals surface area contributed by atoms with E-state index in [4.69, 9.17) is 0 Å². The fourth-order valence-electron chi connectivity index (χ4n) is 2.99. The van der Waals surface area contributed by atoms with Crippen molar-refractivity contribution in [1.29, 1.82) is 0 Å². The summed E-state index contributed by atoms with van der Waals surface area (Å²) in [5.74, 6) is -0.611. The molecule has 2 heterocycles. The fourth-order valence-corrected chi connectivity index (χ4v) is 3.71. The second kappa shape index (κ2) is 7.92. The smallest absolute Gasteiger partial charge is 0.325 e. The number of carbonyl (C=O) groups is 3. The number of thiophene rings is 1. The Hall–Kier alpha value is -2.67. The minimum atomic E-state index is -0.972. The van der Waals surface area contributed by atoms with Crippen molar-refractivity contribution in [3.8, 4) is 0 Å². The third kappa shape index (κ3) is 4.54. The predicted octanol–water partition coefficient (Wildman–Crippen LogP) is 2.65. The molecule has 1 saturated heterocycles. The van der Waals surface area contributed by atoms with Gasteiger partial charge in [-0.05, 0) is 37.3 Å². The number of nitrogens with zero attached hydrogens (tertiary/aromatic N) is 2. The predicted molar refractivity (Wildman–Crippen MR) is 104 cm³/mol. The van der Waals surface area contributed by atoms with Crippen LogP contribution in [0.2, 0.25) is 0 Å². The standard InChI is InChI=1S/C20H23N3O3S/c1-20(2)18(25)23(19(26)21-20)14-17(24)22(13-16-9-6-12-27-16)11-10-15-7-4-3-5-8-15/h3-9,12H,10-11,13-14H2,1-2H3,(H,21,26). The monoisotopic (exact) mass is 385 g/mol. The average molecular weight is 385 g/mol. The van der Waals surface area contributed by atoms with Crippen LogP contribution in [0.3, 0.4) is 0 Å². The van der Waals surface area contributed by atoms with E-state index in [1.165, 1.54) is 0 Å². The number of rotatable bonds is 7. The highest BCUT2D eigenvalue weighted by Crippen LogP contribution is 2.18. The largest absolute Gasteiger partial charge is 0.336 e. The average Bonchev–Trinajstić information content (AvgIpc) is 3.21. The molecule has 0 radical (unpaired) electrons. The third-order valence-electron chi connectivity index (χ3n) is 4.53. The first-order valence-electron chi connectivity index (χ1n) is 8.85. The van der Waals surface area contributed by atoms with E-state index in [1.807, 2.05) is 47.8 Å². The second-order valence-corrected chi connectivity index (χ2v) is 8.11. The van der Waals surface area contributed by atoms with Gasteiger partial charge in [0.05, 0.1) is 6.54 Å². The van der Waals surface area contributed by atoms with Crippen LogP contribution in [0.15, 0.2) is 47.8 Å². The summed E-state index contributed by atoms with van der Waals surface area (Å²) in [6.45, 7) is 4.02. The van der Waals surface area contributed by atoms with Crippen LogP contribution in [0, 0.1) is 0 Å². The van der Waals surface area contributed by atoms with Gasteiger partial charge in [0.25, 0.3) is 5.91 Å². The van der Waals surface area contributed by atoms with Crippen molar-refractivity contribution in [1.82, 2.24) is 15.1 Å². The van der Waals surface area contributed by atoms with Crippen LogP contribution >= 0.6 is 11.3 Å². The summed E-state index contributed by atoms with van der Waals surface area (Å²) >= 11 is 1.58. The molecule has 7 heteroatoms. The molecule has 0 unspecified atom stereocenters. The number of benzene rings is 1. The van der Waals surface area contributed by atoms with Crippen LogP contribution in [0.25, 0.3) is 0 Å². The molecule has 0 spiro atoms. The van der Waals surface area contributed by atoms with E-state index in [-0.39, 0.29) is 18.4 Å². The Bertz CT molecular complexity index is 818. The molecule has 142 valence electrons. The Morgan fingerprint density at radius 2 is 1.89 bits per heavy atom. The van der Waals surface area contributed by atoms with Gasteiger partial charge < -0.3 is 10.2 Å². The summed E-state index contributed by atoms with van der Waals surface area (Å²) in [6.07, 6.45) is 0.712. The zero-order valence-electron chi connectivity index (χ0n) is 15.5. The molecule has 6 nitrogen and oxygen atoms in total. The van der Waals surface area contributed by atoms with Gasteiger partial charge in [0.1, 0.15) is 12.1 Å². The van der Waals surface area contributed by atoms with E-state index < -0.39 is 11.6 Å². The van der Waals surface area contributed by atoms with Gasteiger partial charge in [-0.2, -0.15) is 0 Å². The summed E-state index contributed by atoms with van der Waals surface area (Å²) in [5, 5.41) is 4.58. The molecule has 3 rings (SSSR count). The highest BCUT2D eigenvalue weighted by atomic mass is 32.1. The van der Waals surface area contributed by atoms with Crippen molar-refractivity contribution in [3.05, 3.63) is 58.3 Å². The molecule has 0 bridgehead atoms. The molecule has 1 fully saturated rings. The molecule has 27 heavy (non-hydrogen) atoms. The van der Waals surface area contributed by atoms with Gasteiger partial charge in [-0.25, -0.2) is 4.79 Å². The summed E-state index contributed by atoms with van der Waals surface area (Å²) in [6, 6.07) is 13.3. The molecule has 4 amide bonds. The highest BCUT2D eigenvalue weighted by Gasteiger charge is 2.45. The number of urea groups is 1. The van der Waals surface area contributed by atoms with Crippen molar-refractivity contribution in [2.24, 2.45) is 0 Å². The van der Waals surface area contributed by atoms with E-state index in [1.54, 1.807) is 30.1 Å². The molecule has 2 aromatic rings. The minimum absolute atomic E-state index is 0.236. The van der Waals surface area contributed by atoms with Gasteiger partial charge >= 0.3 is 6.03 Å². The first-order chi connectivity index (χ1) is 12.9. The first kappa shape index (κ1) is 19.1. The normalized spacial score (nSPS) is 15.7. The number of amides is 4. The second-order valence-electron chi connectivity index (χ2n) is 7.08. The van der Waals surface area contributed by atoms with Crippen LogP contribution in [-0.2, 0) is 22.6 Å². The van der Waals surface area contributed by atoms with Crippen LogP contribution in [0.4, 0.5) is 4.79 Å². The molecule has 1 N–H and O–H groups in total. The lowest BCUT2D eigenvalue weighted by Crippen LogP contribution is -2.44. The number of hydrogen-bond donors (Lipinski definition) is 1. The summed E-state index contributed by atoms with van der Waals surface area (Å²) < 4.78 is 0. The lowest BCUT2D eigenvalue weighted by Gasteiger charge is -2.24. The maximum absolute atomic E-state index is 12.9. The van der Waals surface area contributed by atoms with Gasteiger partial charge in [0.15, 0.2) is 0 Å². The number of nitrogens with one attached hydrogen (secondary N) is 1. The highest BCUT2D eigenvalue weighted by molar-refractivity contribution is 7.09. The number of imide groups is 1. The van der Waals surface area contributed by atoms with Gasteiger partial charge in [-0.3, -0.25) is 14.5 Å². The van der Waals surface area contributed by atoms with Gasteiger partial charge in [-0.1, -0.05) is 36.4 Å². The zero-order chi connectivity index (χ0) is 19.4. The molecule has 0 saturated carbocycles. The molecule has 1 aliphatic rings. The van der Waals surface area contributed by atoms with Gasteiger partial charge in [0.2, 0.25) is 5.91 Å². The molecule has 1 aromatic heterocycles. The molecular formula is C20H23N3O3S. The number of carbonyl (C=O) groups excluding carboxylic acids is 3. The van der Waals surface area contributed by atoms with E-state index in [9.17, 15) is 14.4 Å². The van der Waals surface area contributed by atoms with E-state index in [2.05, 4.69) is 5.32 Å². The Kier molecular flexibility index (Phi) is 5.60. The van der Waals surface area contributed by atoms with Gasteiger partial charge in [0, 0.05) is 11.4 Å². The zero-order valence-corrected chi connectivity index (χ0v) is 16.3. The van der Waals surface area contributed by atoms with Crippen LogP contribution in [0.1, 0.15) is 24.3 Å². The molecular weight excluding hydrogens is 362 g/mol. The quantitative estimate of drug-likeness (QED) is 0.745. The van der Waals surface area contributed by atoms with Gasteiger partial charge in [-0.15, -0.1) is 11.3 Å². The van der Waals surface area contributed by atoms with E-state index in [0.717, 1.165) is 15.3 Å². The topological polar surface area (TPSA) is 69.7 Å². The summed E-state index contributed by atoms with van der Waals surface area (Å²) in [4.78, 5) is 41.1. The lowest BCUT2D eigenvalue weighted by molar-refractivity contribution is -0.138. The maximum Gasteiger partial charge on any atom is 0.325 e. The van der Waals surface area contributed by atoms with Crippen molar-refractivity contribution in [2.75, 3.05) is 13.1 Å². The Morgan fingerprint density at radius 3 is 2.48 bits per heavy atom.